The normalized spacial score (nSPS) is 17.7. The third-order valence-electron chi connectivity index (χ3n) is 10.3. The molecule has 7 heterocycles. The van der Waals surface area contributed by atoms with Gasteiger partial charge < -0.3 is 29.9 Å². The Kier molecular flexibility index (Phi) is 11.1. The number of anilines is 4. The second-order valence-corrected chi connectivity index (χ2v) is 14.7. The summed E-state index contributed by atoms with van der Waals surface area (Å²) in [4.78, 5) is 52.8. The van der Waals surface area contributed by atoms with Crippen molar-refractivity contribution in [3.8, 4) is 6.07 Å². The summed E-state index contributed by atoms with van der Waals surface area (Å²) in [6.07, 6.45) is 1.61. The highest BCUT2D eigenvalue weighted by Crippen LogP contribution is 2.34. The number of cyclic esters (lactones) is 2. The van der Waals surface area contributed by atoms with Gasteiger partial charge in [0, 0.05) is 50.5 Å². The fourth-order valence-corrected chi connectivity index (χ4v) is 7.42. The molecule has 2 atom stereocenters. The van der Waals surface area contributed by atoms with E-state index in [1.807, 2.05) is 22.1 Å². The molecule has 23 heteroatoms. The number of carbonyl (C=O) groups excluding carboxylic acids is 4. The second-order valence-electron chi connectivity index (χ2n) is 14.7. The lowest BCUT2D eigenvalue weighted by Gasteiger charge is -2.21. The Morgan fingerprint density at radius 3 is 1.75 bits per heavy atom. The van der Waals surface area contributed by atoms with Gasteiger partial charge in [-0.3, -0.25) is 28.8 Å². The van der Waals surface area contributed by atoms with Crippen molar-refractivity contribution in [2.75, 3.05) is 45.8 Å². The van der Waals surface area contributed by atoms with Crippen molar-refractivity contribution in [3.63, 3.8) is 0 Å². The molecule has 61 heavy (non-hydrogen) atoms. The van der Waals surface area contributed by atoms with Gasteiger partial charge in [0.1, 0.15) is 36.9 Å². The minimum absolute atomic E-state index is 0.185. The van der Waals surface area contributed by atoms with Crippen molar-refractivity contribution in [3.05, 3.63) is 88.8 Å². The largest absolute Gasteiger partial charge is 0.442 e. The first-order valence-corrected chi connectivity index (χ1v) is 19.1. The number of aromatic amines is 1. The van der Waals surface area contributed by atoms with Crippen molar-refractivity contribution in [2.24, 2.45) is 0 Å². The Morgan fingerprint density at radius 1 is 0.803 bits per heavy atom. The van der Waals surface area contributed by atoms with E-state index in [4.69, 9.17) is 14.7 Å². The SMILES string of the molecule is CC(=O)NC[C@H]1CN(c2ccc(N3Cc4cn(CC#N)nc4C3)c(F)c2)C(=O)O1.CC(=O)NC[C@H]1CN(c2ccc(N3Cc4cn(Cc5nn[nH]n5)nc4C3)c(F)c2)C(=O)O1. The fraction of sp³-hybridized carbons (Fsp3) is 0.368. The van der Waals surface area contributed by atoms with Gasteiger partial charge in [-0.15, -0.1) is 10.2 Å². The summed E-state index contributed by atoms with van der Waals surface area (Å²) in [7, 11) is 0. The van der Waals surface area contributed by atoms with E-state index in [1.165, 1.54) is 35.8 Å². The number of fused-ring (bicyclic) bond motifs is 2. The van der Waals surface area contributed by atoms with Crippen LogP contribution in [0, 0.1) is 23.0 Å². The van der Waals surface area contributed by atoms with E-state index in [1.54, 1.807) is 39.8 Å². The summed E-state index contributed by atoms with van der Waals surface area (Å²) in [6.45, 7) is 6.21. The summed E-state index contributed by atoms with van der Waals surface area (Å²) in [6, 6.07) is 11.3. The molecule has 0 saturated carbocycles. The average Bonchev–Trinajstić information content (AvgIpc) is 4.08. The molecule has 9 rings (SSSR count). The topological polar surface area (TPSA) is 238 Å². The molecule has 21 nitrogen and oxygen atoms in total. The molecule has 3 N–H and O–H groups in total. The Balaban J connectivity index is 0.000000169. The summed E-state index contributed by atoms with van der Waals surface area (Å²) in [5, 5.41) is 36.6. The predicted molar refractivity (Wildman–Crippen MR) is 209 cm³/mol. The number of nitrogens with zero attached hydrogens (tertiary/aromatic N) is 12. The third-order valence-corrected chi connectivity index (χ3v) is 10.3. The van der Waals surface area contributed by atoms with E-state index < -0.39 is 36.0 Å². The predicted octanol–water partition coefficient (Wildman–Crippen LogP) is 2.09. The Hall–Kier alpha value is -7.64. The van der Waals surface area contributed by atoms with Crippen LogP contribution in [0.25, 0.3) is 0 Å². The number of H-pyrrole nitrogens is 1. The zero-order valence-electron chi connectivity index (χ0n) is 32.9. The lowest BCUT2D eigenvalue weighted by molar-refractivity contribution is -0.120. The Morgan fingerprint density at radius 2 is 1.31 bits per heavy atom. The van der Waals surface area contributed by atoms with Crippen LogP contribution in [0.1, 0.15) is 42.2 Å². The molecule has 0 unspecified atom stereocenters. The molecule has 0 spiro atoms. The Labute approximate surface area is 345 Å². The zero-order chi connectivity index (χ0) is 42.8. The smallest absolute Gasteiger partial charge is 0.414 e. The van der Waals surface area contributed by atoms with Gasteiger partial charge in [0.2, 0.25) is 11.8 Å². The van der Waals surface area contributed by atoms with E-state index in [0.717, 1.165) is 22.5 Å². The van der Waals surface area contributed by atoms with Crippen LogP contribution in [0.3, 0.4) is 0 Å². The number of nitrogens with one attached hydrogen (secondary N) is 3. The number of tetrazole rings is 1. The molecule has 2 aromatic carbocycles. The van der Waals surface area contributed by atoms with Crippen molar-refractivity contribution in [1.29, 1.82) is 5.26 Å². The van der Waals surface area contributed by atoms with Crippen LogP contribution in [0.4, 0.5) is 41.1 Å². The first-order chi connectivity index (χ1) is 29.4. The summed E-state index contributed by atoms with van der Waals surface area (Å²) >= 11 is 0. The number of nitriles is 1. The van der Waals surface area contributed by atoms with Crippen LogP contribution >= 0.6 is 0 Å². The van der Waals surface area contributed by atoms with Gasteiger partial charge in [0.15, 0.2) is 5.82 Å². The lowest BCUT2D eigenvalue weighted by Crippen LogP contribution is -2.33. The van der Waals surface area contributed by atoms with E-state index in [2.05, 4.69) is 41.5 Å². The number of aromatic nitrogens is 8. The number of amides is 4. The molecule has 2 saturated heterocycles. The maximum absolute atomic E-state index is 15.0. The maximum Gasteiger partial charge on any atom is 0.414 e. The molecular formula is C38H39F2N15O6. The first kappa shape index (κ1) is 40.2. The molecule has 316 valence electrons. The number of rotatable bonds is 11. The van der Waals surface area contributed by atoms with Gasteiger partial charge in [0.25, 0.3) is 0 Å². The Bertz CT molecular complexity index is 2470. The minimum atomic E-state index is -0.569. The van der Waals surface area contributed by atoms with Crippen LogP contribution < -0.4 is 30.2 Å². The highest BCUT2D eigenvalue weighted by Gasteiger charge is 2.35. The van der Waals surface area contributed by atoms with E-state index in [0.29, 0.717) is 61.3 Å². The first-order valence-electron chi connectivity index (χ1n) is 19.1. The number of ether oxygens (including phenoxy) is 2. The van der Waals surface area contributed by atoms with Gasteiger partial charge in [-0.1, -0.05) is 5.21 Å². The van der Waals surface area contributed by atoms with Crippen molar-refractivity contribution in [1.82, 2.24) is 50.8 Å². The molecule has 0 radical (unpaired) electrons. The van der Waals surface area contributed by atoms with Gasteiger partial charge >= 0.3 is 12.2 Å². The van der Waals surface area contributed by atoms with Crippen LogP contribution in [-0.4, -0.2) is 103 Å². The molecule has 4 amide bonds. The molecule has 0 aliphatic carbocycles. The third kappa shape index (κ3) is 8.87. The van der Waals surface area contributed by atoms with Crippen LogP contribution in [0.2, 0.25) is 0 Å². The molecule has 0 bridgehead atoms. The van der Waals surface area contributed by atoms with Crippen molar-refractivity contribution in [2.45, 2.75) is 65.3 Å². The zero-order valence-corrected chi connectivity index (χ0v) is 32.9. The second kappa shape index (κ2) is 16.9. The summed E-state index contributed by atoms with van der Waals surface area (Å²) in [5.74, 6) is -0.769. The quantitative estimate of drug-likeness (QED) is 0.173. The van der Waals surface area contributed by atoms with E-state index in [-0.39, 0.29) is 44.5 Å². The molecule has 5 aromatic rings. The number of carbonyl (C=O) groups is 4. The molecule has 4 aliphatic rings. The maximum atomic E-state index is 15.0. The average molecular weight is 840 g/mol. The molecule has 2 fully saturated rings. The van der Waals surface area contributed by atoms with E-state index in [9.17, 15) is 28.0 Å². The number of hydrogen-bond acceptors (Lipinski definition) is 14. The van der Waals surface area contributed by atoms with E-state index >= 15 is 0 Å². The summed E-state index contributed by atoms with van der Waals surface area (Å²) < 4.78 is 43.6. The number of hydrogen-bond donors (Lipinski definition) is 3. The number of benzene rings is 2. The van der Waals surface area contributed by atoms with Gasteiger partial charge in [-0.2, -0.15) is 20.7 Å². The number of halogens is 2. The highest BCUT2D eigenvalue weighted by molar-refractivity contribution is 5.91. The van der Waals surface area contributed by atoms with Crippen molar-refractivity contribution < 1.29 is 37.4 Å². The van der Waals surface area contributed by atoms with Crippen LogP contribution in [-0.2, 0) is 58.3 Å². The lowest BCUT2D eigenvalue weighted by atomic mass is 10.2. The van der Waals surface area contributed by atoms with Gasteiger partial charge in [-0.05, 0) is 36.4 Å². The summed E-state index contributed by atoms with van der Waals surface area (Å²) in [5.41, 5.74) is 5.31. The standard InChI is InChI=1S/C19H20FN9O3.C19H19FN6O3/c1-11(30)21-5-14-8-29(19(31)32-14)13-2-3-17(15(20)4-13)27-6-12-7-28(24-16(12)9-27)10-18-22-25-26-23-18;1-12(27)22-7-15-10-26(19(28)29-15)14-2-3-18(16(20)6-14)24-8-13-9-25(5-4-21)23-17(13)11-24/h2-4,7,14H,5-6,8-10H2,1H3,(H,21,30)(H,22,23,25,26);2-3,6,9,15H,5,7-8,10-11H2,1H3,(H,22,27)/t14-;15-/m00/s1. The van der Waals surface area contributed by atoms with Gasteiger partial charge in [0.05, 0.1) is 79.5 Å². The van der Waals surface area contributed by atoms with Crippen LogP contribution in [0.15, 0.2) is 48.8 Å². The molecular weight excluding hydrogens is 801 g/mol. The monoisotopic (exact) mass is 839 g/mol. The molecule has 3 aromatic heterocycles. The van der Waals surface area contributed by atoms with Gasteiger partial charge in [-0.25, -0.2) is 18.4 Å². The van der Waals surface area contributed by atoms with Crippen LogP contribution in [0.5, 0.6) is 0 Å². The fourth-order valence-electron chi connectivity index (χ4n) is 7.42. The minimum Gasteiger partial charge on any atom is -0.442 e. The highest BCUT2D eigenvalue weighted by atomic mass is 19.1. The van der Waals surface area contributed by atoms with Crippen molar-refractivity contribution >= 4 is 46.8 Å². The molecule has 4 aliphatic heterocycles.